The number of halogens is 1. The van der Waals surface area contributed by atoms with E-state index in [1.807, 2.05) is 0 Å². The minimum Gasteiger partial charge on any atom is -0.461 e. The summed E-state index contributed by atoms with van der Waals surface area (Å²) in [6.07, 6.45) is 0. The summed E-state index contributed by atoms with van der Waals surface area (Å²) in [7, 11) is 1.38. The maximum Gasteiger partial charge on any atom is 0.360 e. The molecule has 2 N–H and O–H groups in total. The van der Waals surface area contributed by atoms with Crippen LogP contribution in [0.1, 0.15) is 23.1 Å². The van der Waals surface area contributed by atoms with Crippen molar-refractivity contribution in [3.8, 4) is 0 Å². The zero-order valence-electron chi connectivity index (χ0n) is 11.0. The molecule has 0 aliphatic carbocycles. The summed E-state index contributed by atoms with van der Waals surface area (Å²) < 4.78 is 5.93. The Hall–Kier alpha value is -2.16. The van der Waals surface area contributed by atoms with Crippen LogP contribution in [0, 0.1) is 0 Å². The Bertz CT molecular complexity index is 516. The fourth-order valence-electron chi connectivity index (χ4n) is 1.31. The lowest BCUT2D eigenvalue weighted by molar-refractivity contribution is -0.120. The number of hydrogen-bond donors (Lipinski definition) is 2. The molecular formula is C10H14ClN5O4. The maximum absolute atomic E-state index is 11.6. The quantitative estimate of drug-likeness (QED) is 0.567. The van der Waals surface area contributed by atoms with Crippen LogP contribution in [0.2, 0.25) is 0 Å². The molecule has 0 radical (unpaired) electrons. The molecular weight excluding hydrogens is 290 g/mol. The molecule has 1 heterocycles. The summed E-state index contributed by atoms with van der Waals surface area (Å²) in [6.45, 7) is 1.55. The third kappa shape index (κ3) is 3.92. The van der Waals surface area contributed by atoms with E-state index < -0.39 is 17.9 Å². The van der Waals surface area contributed by atoms with Crippen molar-refractivity contribution in [3.05, 3.63) is 11.4 Å². The van der Waals surface area contributed by atoms with Crippen LogP contribution >= 0.6 is 11.6 Å². The number of amides is 3. The molecule has 0 unspecified atom stereocenters. The van der Waals surface area contributed by atoms with Crippen LogP contribution in [-0.2, 0) is 22.0 Å². The zero-order valence-corrected chi connectivity index (χ0v) is 11.7. The Balaban J connectivity index is 2.83. The number of carbonyl (C=O) groups excluding carboxylic acids is 3. The number of aromatic nitrogens is 3. The van der Waals surface area contributed by atoms with Crippen LogP contribution in [0.15, 0.2) is 0 Å². The van der Waals surface area contributed by atoms with E-state index in [9.17, 15) is 14.4 Å². The number of nitrogens with zero attached hydrogens (tertiary/aromatic N) is 3. The lowest BCUT2D eigenvalue weighted by Gasteiger charge is -2.05. The molecule has 10 heteroatoms. The van der Waals surface area contributed by atoms with Gasteiger partial charge in [-0.15, -0.1) is 16.7 Å². The van der Waals surface area contributed by atoms with Gasteiger partial charge in [-0.05, 0) is 6.92 Å². The molecule has 110 valence electrons. The largest absolute Gasteiger partial charge is 0.461 e. The number of carbonyl (C=O) groups is 3. The number of hydrogen-bond acceptors (Lipinski definition) is 6. The van der Waals surface area contributed by atoms with Gasteiger partial charge in [0, 0.05) is 7.05 Å². The van der Waals surface area contributed by atoms with Gasteiger partial charge in [0.25, 0.3) is 0 Å². The van der Waals surface area contributed by atoms with Gasteiger partial charge in [0.05, 0.1) is 18.2 Å². The van der Waals surface area contributed by atoms with Gasteiger partial charge < -0.3 is 10.1 Å². The first-order chi connectivity index (χ1) is 9.53. The molecule has 3 amide bonds. The molecule has 0 atom stereocenters. The van der Waals surface area contributed by atoms with Gasteiger partial charge in [0.15, 0.2) is 5.69 Å². The predicted octanol–water partition coefficient (Wildman–Crippen LogP) is -0.351. The molecule has 0 aliphatic heterocycles. The minimum atomic E-state index is -0.666. The molecule has 0 bridgehead atoms. The summed E-state index contributed by atoms with van der Waals surface area (Å²) >= 11 is 5.72. The standard InChI is InChI=1S/C10H14ClN5O4/c1-3-20-9(18)8-6(4-11)16(15-14-8)5-7(17)13-10(19)12-2/h3-5H2,1-2H3,(H2,12,13,17,19). The summed E-state index contributed by atoms with van der Waals surface area (Å²) in [5.74, 6) is -1.36. The van der Waals surface area contributed by atoms with E-state index in [-0.39, 0.29) is 30.4 Å². The monoisotopic (exact) mass is 303 g/mol. The molecule has 1 aromatic heterocycles. The molecule has 0 saturated heterocycles. The van der Waals surface area contributed by atoms with Gasteiger partial charge in [0.2, 0.25) is 5.91 Å². The van der Waals surface area contributed by atoms with Crippen molar-refractivity contribution in [3.63, 3.8) is 0 Å². The Labute approximate surface area is 119 Å². The van der Waals surface area contributed by atoms with Crippen LogP contribution in [0.4, 0.5) is 4.79 Å². The third-order valence-electron chi connectivity index (χ3n) is 2.21. The highest BCUT2D eigenvalue weighted by molar-refractivity contribution is 6.17. The number of nitrogens with one attached hydrogen (secondary N) is 2. The molecule has 0 saturated carbocycles. The van der Waals surface area contributed by atoms with Crippen LogP contribution in [0.25, 0.3) is 0 Å². The highest BCUT2D eigenvalue weighted by Crippen LogP contribution is 2.10. The maximum atomic E-state index is 11.6. The summed E-state index contributed by atoms with van der Waals surface area (Å²) in [4.78, 5) is 34.1. The highest BCUT2D eigenvalue weighted by Gasteiger charge is 2.21. The van der Waals surface area contributed by atoms with Crippen molar-refractivity contribution in [2.24, 2.45) is 0 Å². The molecule has 0 aromatic carbocycles. The predicted molar refractivity (Wildman–Crippen MR) is 68.1 cm³/mol. The second-order valence-electron chi connectivity index (χ2n) is 3.52. The van der Waals surface area contributed by atoms with E-state index >= 15 is 0 Å². The van der Waals surface area contributed by atoms with Crippen molar-refractivity contribution in [2.75, 3.05) is 13.7 Å². The topological polar surface area (TPSA) is 115 Å². The summed E-state index contributed by atoms with van der Waals surface area (Å²) in [5.41, 5.74) is 0.201. The molecule has 0 aliphatic rings. The van der Waals surface area contributed by atoms with E-state index in [0.717, 1.165) is 4.68 Å². The average molecular weight is 304 g/mol. The van der Waals surface area contributed by atoms with Crippen LogP contribution in [0.5, 0.6) is 0 Å². The second kappa shape index (κ2) is 7.43. The van der Waals surface area contributed by atoms with Crippen molar-refractivity contribution < 1.29 is 19.1 Å². The molecule has 1 aromatic rings. The van der Waals surface area contributed by atoms with E-state index in [1.54, 1.807) is 6.92 Å². The Morgan fingerprint density at radius 1 is 1.40 bits per heavy atom. The SMILES string of the molecule is CCOC(=O)c1nnn(CC(=O)NC(=O)NC)c1CCl. The van der Waals surface area contributed by atoms with E-state index in [4.69, 9.17) is 16.3 Å². The molecule has 9 nitrogen and oxygen atoms in total. The smallest absolute Gasteiger partial charge is 0.360 e. The van der Waals surface area contributed by atoms with E-state index in [1.165, 1.54) is 7.05 Å². The summed E-state index contributed by atoms with van der Waals surface area (Å²) in [6, 6.07) is -0.645. The van der Waals surface area contributed by atoms with Crippen LogP contribution < -0.4 is 10.6 Å². The van der Waals surface area contributed by atoms with E-state index in [2.05, 4.69) is 20.9 Å². The van der Waals surface area contributed by atoms with Crippen molar-refractivity contribution >= 4 is 29.5 Å². The van der Waals surface area contributed by atoms with Crippen molar-refractivity contribution in [2.45, 2.75) is 19.3 Å². The lowest BCUT2D eigenvalue weighted by atomic mass is 10.3. The zero-order chi connectivity index (χ0) is 15.1. The van der Waals surface area contributed by atoms with Crippen LogP contribution in [0.3, 0.4) is 0 Å². The third-order valence-corrected chi connectivity index (χ3v) is 2.46. The van der Waals surface area contributed by atoms with Crippen molar-refractivity contribution in [1.82, 2.24) is 25.6 Å². The second-order valence-corrected chi connectivity index (χ2v) is 3.79. The Morgan fingerprint density at radius 3 is 2.65 bits per heavy atom. The summed E-state index contributed by atoms with van der Waals surface area (Å²) in [5, 5.41) is 11.6. The Kier molecular flexibility index (Phi) is 5.91. The van der Waals surface area contributed by atoms with Gasteiger partial charge in [-0.1, -0.05) is 5.21 Å². The minimum absolute atomic E-state index is 0.0467. The van der Waals surface area contributed by atoms with Gasteiger partial charge in [-0.3, -0.25) is 10.1 Å². The average Bonchev–Trinajstić information content (AvgIpc) is 2.81. The van der Waals surface area contributed by atoms with Crippen molar-refractivity contribution in [1.29, 1.82) is 0 Å². The number of esters is 1. The van der Waals surface area contributed by atoms with Gasteiger partial charge in [0.1, 0.15) is 6.54 Å². The lowest BCUT2D eigenvalue weighted by Crippen LogP contribution is -2.39. The normalized spacial score (nSPS) is 9.95. The number of alkyl halides is 1. The number of rotatable bonds is 5. The number of urea groups is 1. The Morgan fingerprint density at radius 2 is 2.10 bits per heavy atom. The number of imide groups is 1. The van der Waals surface area contributed by atoms with Crippen LogP contribution in [-0.4, -0.2) is 46.6 Å². The molecule has 0 fully saturated rings. The molecule has 1 rings (SSSR count). The fourth-order valence-corrected chi connectivity index (χ4v) is 1.58. The number of ether oxygens (including phenoxy) is 1. The first-order valence-electron chi connectivity index (χ1n) is 5.70. The first-order valence-corrected chi connectivity index (χ1v) is 6.23. The van der Waals surface area contributed by atoms with Gasteiger partial charge >= 0.3 is 12.0 Å². The molecule has 0 spiro atoms. The van der Waals surface area contributed by atoms with Gasteiger partial charge in [-0.25, -0.2) is 14.3 Å². The van der Waals surface area contributed by atoms with Gasteiger partial charge in [-0.2, -0.15) is 0 Å². The molecule has 20 heavy (non-hydrogen) atoms. The fraction of sp³-hybridized carbons (Fsp3) is 0.500. The van der Waals surface area contributed by atoms with E-state index in [0.29, 0.717) is 0 Å². The highest BCUT2D eigenvalue weighted by atomic mass is 35.5. The first kappa shape index (κ1) is 15.9.